The number of rotatable bonds is 1. The number of carbonyl (C=O) groups is 1. The van der Waals surface area contributed by atoms with E-state index in [9.17, 15) is 18.0 Å². The summed E-state index contributed by atoms with van der Waals surface area (Å²) >= 11 is 1.15. The van der Waals surface area contributed by atoms with Crippen molar-refractivity contribution in [1.82, 2.24) is 4.90 Å². The Hall–Kier alpha value is -1.52. The summed E-state index contributed by atoms with van der Waals surface area (Å²) in [5.41, 5.74) is 0.452. The number of thiophene rings is 1. The fourth-order valence-electron chi connectivity index (χ4n) is 2.28. The van der Waals surface area contributed by atoms with Crippen LogP contribution in [0.1, 0.15) is 28.1 Å². The molecule has 0 aliphatic carbocycles. The van der Waals surface area contributed by atoms with E-state index in [0.29, 0.717) is 23.4 Å². The standard InChI is InChI=1S/C14H14F3NO2S/c15-14(16,17)11-4-1-6-18(9-11)13(20)12-10(3-2-7-19)5-8-21-12/h5,8,11,19H,1,4,6-7,9H2. The van der Waals surface area contributed by atoms with E-state index in [-0.39, 0.29) is 19.6 Å². The van der Waals surface area contributed by atoms with Gasteiger partial charge in [-0.05, 0) is 24.3 Å². The Kier molecular flexibility index (Phi) is 4.91. The summed E-state index contributed by atoms with van der Waals surface area (Å²) in [5, 5.41) is 10.3. The number of halogens is 3. The summed E-state index contributed by atoms with van der Waals surface area (Å²) in [6.07, 6.45) is -3.86. The van der Waals surface area contributed by atoms with Crippen molar-refractivity contribution >= 4 is 17.2 Å². The zero-order valence-corrected chi connectivity index (χ0v) is 11.9. The highest BCUT2D eigenvalue weighted by molar-refractivity contribution is 7.12. The number of amides is 1. The molecule has 0 spiro atoms. The molecule has 7 heteroatoms. The molecule has 3 nitrogen and oxygen atoms in total. The van der Waals surface area contributed by atoms with Gasteiger partial charge in [-0.1, -0.05) is 11.8 Å². The number of aliphatic hydroxyl groups excluding tert-OH is 1. The molecule has 1 amide bonds. The van der Waals surface area contributed by atoms with Crippen LogP contribution in [-0.2, 0) is 0 Å². The Labute approximate surface area is 124 Å². The van der Waals surface area contributed by atoms with Crippen molar-refractivity contribution in [3.05, 3.63) is 21.9 Å². The first-order valence-corrected chi connectivity index (χ1v) is 7.34. The van der Waals surface area contributed by atoms with Gasteiger partial charge in [0.1, 0.15) is 11.5 Å². The fourth-order valence-corrected chi connectivity index (χ4v) is 3.10. The van der Waals surface area contributed by atoms with Gasteiger partial charge in [-0.3, -0.25) is 4.79 Å². The predicted octanol–water partition coefficient (Wildman–Crippen LogP) is 2.51. The zero-order valence-electron chi connectivity index (χ0n) is 11.1. The average molecular weight is 317 g/mol. The maximum Gasteiger partial charge on any atom is 0.393 e. The monoisotopic (exact) mass is 317 g/mol. The number of alkyl halides is 3. The van der Waals surface area contributed by atoms with Gasteiger partial charge < -0.3 is 10.0 Å². The molecule has 1 aromatic heterocycles. The molecule has 2 rings (SSSR count). The summed E-state index contributed by atoms with van der Waals surface area (Å²) in [7, 11) is 0. The van der Waals surface area contributed by atoms with Crippen LogP contribution in [0.4, 0.5) is 13.2 Å². The maximum absolute atomic E-state index is 12.8. The highest BCUT2D eigenvalue weighted by Gasteiger charge is 2.43. The molecule has 1 atom stereocenters. The largest absolute Gasteiger partial charge is 0.393 e. The van der Waals surface area contributed by atoms with Crippen LogP contribution in [0.5, 0.6) is 0 Å². The number of hydrogen-bond acceptors (Lipinski definition) is 3. The molecule has 2 heterocycles. The van der Waals surface area contributed by atoms with E-state index >= 15 is 0 Å². The van der Waals surface area contributed by atoms with Crippen molar-refractivity contribution < 1.29 is 23.1 Å². The van der Waals surface area contributed by atoms with Crippen LogP contribution in [0, 0.1) is 17.8 Å². The number of likely N-dealkylation sites (tertiary alicyclic amines) is 1. The highest BCUT2D eigenvalue weighted by Crippen LogP contribution is 2.34. The molecule has 0 saturated carbocycles. The van der Waals surface area contributed by atoms with Gasteiger partial charge in [0.15, 0.2) is 0 Å². The van der Waals surface area contributed by atoms with Crippen LogP contribution in [0.3, 0.4) is 0 Å². The van der Waals surface area contributed by atoms with Gasteiger partial charge in [-0.2, -0.15) is 13.2 Å². The fraction of sp³-hybridized carbons (Fsp3) is 0.500. The van der Waals surface area contributed by atoms with Gasteiger partial charge >= 0.3 is 6.18 Å². The molecule has 1 fully saturated rings. The first-order chi connectivity index (χ1) is 9.93. The Morgan fingerprint density at radius 1 is 1.52 bits per heavy atom. The van der Waals surface area contributed by atoms with Crippen molar-refractivity contribution in [2.45, 2.75) is 19.0 Å². The van der Waals surface area contributed by atoms with E-state index in [2.05, 4.69) is 11.8 Å². The molecule has 1 aliphatic heterocycles. The number of piperidine rings is 1. The summed E-state index contributed by atoms with van der Waals surface area (Å²) in [6, 6.07) is 1.63. The lowest BCUT2D eigenvalue weighted by atomic mass is 9.97. The maximum atomic E-state index is 12.8. The van der Waals surface area contributed by atoms with Gasteiger partial charge in [0.2, 0.25) is 0 Å². The Morgan fingerprint density at radius 2 is 2.29 bits per heavy atom. The Bertz CT molecular complexity index is 571. The van der Waals surface area contributed by atoms with E-state index < -0.39 is 18.0 Å². The molecule has 1 aromatic rings. The predicted molar refractivity (Wildman–Crippen MR) is 73.0 cm³/mol. The molecule has 0 bridgehead atoms. The molecule has 114 valence electrons. The lowest BCUT2D eigenvalue weighted by molar-refractivity contribution is -0.184. The second-order valence-corrected chi connectivity index (χ2v) is 5.67. The molecule has 0 radical (unpaired) electrons. The number of carbonyl (C=O) groups excluding carboxylic acids is 1. The van der Waals surface area contributed by atoms with Gasteiger partial charge in [-0.15, -0.1) is 11.3 Å². The highest BCUT2D eigenvalue weighted by atomic mass is 32.1. The summed E-state index contributed by atoms with van der Waals surface area (Å²) in [6.45, 7) is -0.299. The third-order valence-corrected chi connectivity index (χ3v) is 4.24. The topological polar surface area (TPSA) is 40.5 Å². The minimum absolute atomic E-state index is 0.0644. The first-order valence-electron chi connectivity index (χ1n) is 6.46. The van der Waals surface area contributed by atoms with Crippen LogP contribution in [0.25, 0.3) is 0 Å². The minimum Gasteiger partial charge on any atom is -0.384 e. The Balaban J connectivity index is 2.15. The number of aliphatic hydroxyl groups is 1. The van der Waals surface area contributed by atoms with Gasteiger partial charge in [0.25, 0.3) is 5.91 Å². The van der Waals surface area contributed by atoms with Crippen molar-refractivity contribution in [2.75, 3.05) is 19.7 Å². The average Bonchev–Trinajstić information content (AvgIpc) is 2.92. The van der Waals surface area contributed by atoms with E-state index in [1.807, 2.05) is 0 Å². The molecule has 0 aromatic carbocycles. The van der Waals surface area contributed by atoms with Gasteiger partial charge in [-0.25, -0.2) is 0 Å². The van der Waals surface area contributed by atoms with Crippen LogP contribution in [0.15, 0.2) is 11.4 Å². The van der Waals surface area contributed by atoms with Gasteiger partial charge in [0.05, 0.1) is 5.92 Å². The normalized spacial score (nSPS) is 19.0. The summed E-state index contributed by atoms with van der Waals surface area (Å²) in [5.74, 6) is 3.22. The third kappa shape index (κ3) is 3.77. The quantitative estimate of drug-likeness (QED) is 0.809. The molecule has 1 aliphatic rings. The lowest BCUT2D eigenvalue weighted by Gasteiger charge is -2.33. The molecule has 1 N–H and O–H groups in total. The smallest absolute Gasteiger partial charge is 0.384 e. The molecule has 1 saturated heterocycles. The minimum atomic E-state index is -4.27. The van der Waals surface area contributed by atoms with Crippen molar-refractivity contribution in [3.8, 4) is 11.8 Å². The first kappa shape index (κ1) is 15.9. The molecular weight excluding hydrogens is 303 g/mol. The number of hydrogen-bond donors (Lipinski definition) is 1. The molecule has 1 unspecified atom stereocenters. The number of nitrogens with zero attached hydrogens (tertiary/aromatic N) is 1. The molecule has 21 heavy (non-hydrogen) atoms. The van der Waals surface area contributed by atoms with Gasteiger partial charge in [0, 0.05) is 18.7 Å². The summed E-state index contributed by atoms with van der Waals surface area (Å²) < 4.78 is 38.3. The van der Waals surface area contributed by atoms with Crippen molar-refractivity contribution in [2.24, 2.45) is 5.92 Å². The lowest BCUT2D eigenvalue weighted by Crippen LogP contribution is -2.44. The van der Waals surface area contributed by atoms with E-state index in [4.69, 9.17) is 5.11 Å². The van der Waals surface area contributed by atoms with E-state index in [0.717, 1.165) is 11.3 Å². The Morgan fingerprint density at radius 3 is 2.95 bits per heavy atom. The SMILES string of the molecule is O=C(c1sccc1C#CCO)N1CCCC(C(F)(F)F)C1. The van der Waals surface area contributed by atoms with Crippen LogP contribution in [0.2, 0.25) is 0 Å². The van der Waals surface area contributed by atoms with E-state index in [1.165, 1.54) is 4.90 Å². The van der Waals surface area contributed by atoms with E-state index in [1.54, 1.807) is 11.4 Å². The molecular formula is C14H14F3NO2S. The second-order valence-electron chi connectivity index (χ2n) is 4.76. The second kappa shape index (κ2) is 6.50. The summed E-state index contributed by atoms with van der Waals surface area (Å²) in [4.78, 5) is 13.9. The van der Waals surface area contributed by atoms with Crippen molar-refractivity contribution in [3.63, 3.8) is 0 Å². The third-order valence-electron chi connectivity index (χ3n) is 3.33. The van der Waals surface area contributed by atoms with Crippen LogP contribution >= 0.6 is 11.3 Å². The van der Waals surface area contributed by atoms with Crippen LogP contribution < -0.4 is 0 Å². The zero-order chi connectivity index (χ0) is 15.5. The van der Waals surface area contributed by atoms with Crippen LogP contribution in [-0.4, -0.2) is 41.8 Å². The van der Waals surface area contributed by atoms with Crippen molar-refractivity contribution in [1.29, 1.82) is 0 Å².